The van der Waals surface area contributed by atoms with Crippen LogP contribution in [0.25, 0.3) is 0 Å². The van der Waals surface area contributed by atoms with E-state index in [1.165, 1.54) is 4.88 Å². The van der Waals surface area contributed by atoms with Crippen LogP contribution in [0.15, 0.2) is 29.8 Å². The fourth-order valence-electron chi connectivity index (χ4n) is 2.01. The van der Waals surface area contributed by atoms with E-state index in [9.17, 15) is 4.79 Å². The number of aromatic nitrogens is 1. The zero-order chi connectivity index (χ0) is 15.1. The molecule has 0 saturated carbocycles. The zero-order valence-corrected chi connectivity index (χ0v) is 12.8. The maximum Gasteiger partial charge on any atom is 0.238 e. The minimum Gasteiger partial charge on any atom is -0.376 e. The summed E-state index contributed by atoms with van der Waals surface area (Å²) in [6, 6.07) is 7.73. The number of amides is 1. The first-order chi connectivity index (χ1) is 10.2. The number of carbonyl (C=O) groups excluding carboxylic acids is 1. The highest BCUT2D eigenvalue weighted by atomic mass is 32.1. The van der Waals surface area contributed by atoms with E-state index in [2.05, 4.69) is 10.4 Å². The molecule has 0 spiro atoms. The predicted octanol–water partition coefficient (Wildman–Crippen LogP) is 1.74. The van der Waals surface area contributed by atoms with E-state index in [1.807, 2.05) is 36.7 Å². The van der Waals surface area contributed by atoms with Crippen molar-refractivity contribution in [2.45, 2.75) is 26.4 Å². The number of ether oxygens (including phenoxy) is 1. The van der Waals surface area contributed by atoms with Gasteiger partial charge in [-0.2, -0.15) is 0 Å². The molecule has 0 unspecified atom stereocenters. The predicted molar refractivity (Wildman–Crippen MR) is 82.7 cm³/mol. The molecule has 112 valence electrons. The van der Waals surface area contributed by atoms with Crippen molar-refractivity contribution in [2.75, 3.05) is 6.61 Å². The van der Waals surface area contributed by atoms with E-state index < -0.39 is 0 Å². The van der Waals surface area contributed by atoms with Gasteiger partial charge in [0.2, 0.25) is 5.91 Å². The van der Waals surface area contributed by atoms with Crippen LogP contribution in [-0.4, -0.2) is 17.5 Å². The monoisotopic (exact) mass is 305 g/mol. The largest absolute Gasteiger partial charge is 0.376 e. The van der Waals surface area contributed by atoms with Crippen LogP contribution in [0.5, 0.6) is 0 Å². The molecule has 0 aliphatic carbocycles. The van der Waals surface area contributed by atoms with Crippen LogP contribution in [0.4, 0.5) is 0 Å². The topological polar surface area (TPSA) is 77.2 Å². The molecule has 0 bridgehead atoms. The summed E-state index contributed by atoms with van der Waals surface area (Å²) >= 11 is 1.65. The summed E-state index contributed by atoms with van der Waals surface area (Å²) in [6.45, 7) is 3.14. The summed E-state index contributed by atoms with van der Waals surface area (Å²) in [5.41, 5.74) is 7.03. The number of nitrogens with two attached hydrogens (primary N) is 1. The van der Waals surface area contributed by atoms with Gasteiger partial charge in [-0.05, 0) is 18.1 Å². The highest BCUT2D eigenvalue weighted by molar-refractivity contribution is 7.09. The maximum atomic E-state index is 11.4. The first kappa shape index (κ1) is 15.6. The molecule has 0 fully saturated rings. The first-order valence-electron chi connectivity index (χ1n) is 6.73. The van der Waals surface area contributed by atoms with Crippen molar-refractivity contribution in [3.05, 3.63) is 51.5 Å². The number of aryl methyl sites for hydroxylation is 1. The summed E-state index contributed by atoms with van der Waals surface area (Å²) in [4.78, 5) is 16.8. The molecule has 0 atom stereocenters. The Bertz CT molecular complexity index is 598. The van der Waals surface area contributed by atoms with Gasteiger partial charge in [-0.3, -0.25) is 10.2 Å². The highest BCUT2D eigenvalue weighted by Crippen LogP contribution is 2.14. The fourth-order valence-corrected chi connectivity index (χ4v) is 2.77. The van der Waals surface area contributed by atoms with Gasteiger partial charge in [0.25, 0.3) is 0 Å². The molecular formula is C15H19N3O2S. The third-order valence-electron chi connectivity index (χ3n) is 3.21. The minimum absolute atomic E-state index is 0.206. The number of benzene rings is 1. The number of nitrogens with one attached hydrogen (secondary N) is 1. The Kier molecular flexibility index (Phi) is 5.86. The Morgan fingerprint density at radius 1 is 1.38 bits per heavy atom. The Balaban J connectivity index is 1.85. The molecule has 1 aromatic carbocycles. The molecule has 6 heteroatoms. The van der Waals surface area contributed by atoms with Crippen LogP contribution < -0.4 is 11.3 Å². The summed E-state index contributed by atoms with van der Waals surface area (Å²) < 4.78 is 5.72. The zero-order valence-electron chi connectivity index (χ0n) is 12.0. The molecule has 5 nitrogen and oxygen atoms in total. The summed E-state index contributed by atoms with van der Waals surface area (Å²) in [5.74, 6) is 4.92. The lowest BCUT2D eigenvalue weighted by atomic mass is 10.1. The fraction of sp³-hybridized carbons (Fsp3) is 0.333. The van der Waals surface area contributed by atoms with Crippen LogP contribution in [0.3, 0.4) is 0 Å². The molecule has 1 aromatic heterocycles. The van der Waals surface area contributed by atoms with Gasteiger partial charge in [-0.25, -0.2) is 10.8 Å². The number of carbonyl (C=O) groups is 1. The van der Waals surface area contributed by atoms with Gasteiger partial charge in [0.15, 0.2) is 0 Å². The number of hydrogen-bond acceptors (Lipinski definition) is 5. The van der Waals surface area contributed by atoms with Gasteiger partial charge in [0.05, 0.1) is 30.8 Å². The molecule has 1 amide bonds. The molecule has 0 radical (unpaired) electrons. The van der Waals surface area contributed by atoms with Crippen LogP contribution in [-0.2, 0) is 29.0 Å². The van der Waals surface area contributed by atoms with Crippen molar-refractivity contribution in [1.82, 2.24) is 10.4 Å². The van der Waals surface area contributed by atoms with Gasteiger partial charge < -0.3 is 4.74 Å². The van der Waals surface area contributed by atoms with Crippen LogP contribution in [0.2, 0.25) is 0 Å². The van der Waals surface area contributed by atoms with Crippen LogP contribution >= 0.6 is 11.3 Å². The Labute approximate surface area is 128 Å². The van der Waals surface area contributed by atoms with Gasteiger partial charge in [0, 0.05) is 11.3 Å². The molecule has 2 aromatic rings. The van der Waals surface area contributed by atoms with Crippen molar-refractivity contribution >= 4 is 17.2 Å². The van der Waals surface area contributed by atoms with Gasteiger partial charge in [0.1, 0.15) is 0 Å². The summed E-state index contributed by atoms with van der Waals surface area (Å²) in [7, 11) is 0. The average molecular weight is 305 g/mol. The molecular weight excluding hydrogens is 286 g/mol. The standard InChI is InChI=1S/C15H19N3O2S/c1-11-14(21-10-17-11)6-7-20-9-13-5-3-2-4-12(13)8-15(19)18-16/h2-5,10H,6-9,16H2,1H3,(H,18,19). The molecule has 2 rings (SSSR count). The van der Waals surface area contributed by atoms with Crippen molar-refractivity contribution in [2.24, 2.45) is 5.84 Å². The Morgan fingerprint density at radius 2 is 2.14 bits per heavy atom. The third kappa shape index (κ3) is 4.63. The highest BCUT2D eigenvalue weighted by Gasteiger charge is 2.07. The van der Waals surface area contributed by atoms with E-state index in [-0.39, 0.29) is 12.3 Å². The second kappa shape index (κ2) is 7.87. The number of hydrazine groups is 1. The number of hydrogen-bond donors (Lipinski definition) is 2. The Morgan fingerprint density at radius 3 is 2.81 bits per heavy atom. The Hall–Kier alpha value is -1.76. The van der Waals surface area contributed by atoms with Gasteiger partial charge >= 0.3 is 0 Å². The SMILES string of the molecule is Cc1ncsc1CCOCc1ccccc1CC(=O)NN. The number of rotatable bonds is 7. The molecule has 0 saturated heterocycles. The average Bonchev–Trinajstić information content (AvgIpc) is 2.90. The lowest BCUT2D eigenvalue weighted by Gasteiger charge is -2.09. The van der Waals surface area contributed by atoms with E-state index in [0.717, 1.165) is 23.2 Å². The third-order valence-corrected chi connectivity index (χ3v) is 4.20. The maximum absolute atomic E-state index is 11.4. The number of thiazole rings is 1. The molecule has 0 aliphatic rings. The number of nitrogens with zero attached hydrogens (tertiary/aromatic N) is 1. The van der Waals surface area contributed by atoms with E-state index in [4.69, 9.17) is 10.6 Å². The lowest BCUT2D eigenvalue weighted by molar-refractivity contribution is -0.120. The molecule has 3 N–H and O–H groups in total. The van der Waals surface area contributed by atoms with E-state index in [0.29, 0.717) is 13.2 Å². The minimum atomic E-state index is -0.206. The van der Waals surface area contributed by atoms with Crippen LogP contribution in [0, 0.1) is 6.92 Å². The smallest absolute Gasteiger partial charge is 0.238 e. The second-order valence-electron chi connectivity index (χ2n) is 4.68. The quantitative estimate of drug-likeness (QED) is 0.353. The van der Waals surface area contributed by atoms with Gasteiger partial charge in [-0.1, -0.05) is 24.3 Å². The van der Waals surface area contributed by atoms with Crippen molar-refractivity contribution < 1.29 is 9.53 Å². The van der Waals surface area contributed by atoms with Crippen LogP contribution in [0.1, 0.15) is 21.7 Å². The molecule has 0 aliphatic heterocycles. The lowest BCUT2D eigenvalue weighted by Crippen LogP contribution is -2.31. The van der Waals surface area contributed by atoms with Gasteiger partial charge in [-0.15, -0.1) is 11.3 Å². The molecule has 1 heterocycles. The van der Waals surface area contributed by atoms with E-state index >= 15 is 0 Å². The van der Waals surface area contributed by atoms with Crippen molar-refractivity contribution in [3.8, 4) is 0 Å². The first-order valence-corrected chi connectivity index (χ1v) is 7.61. The summed E-state index contributed by atoms with van der Waals surface area (Å²) in [5, 5.41) is 0. The molecule has 21 heavy (non-hydrogen) atoms. The van der Waals surface area contributed by atoms with Crippen molar-refractivity contribution in [1.29, 1.82) is 0 Å². The normalized spacial score (nSPS) is 10.6. The van der Waals surface area contributed by atoms with E-state index in [1.54, 1.807) is 11.3 Å². The summed E-state index contributed by atoms with van der Waals surface area (Å²) in [6.07, 6.45) is 1.13. The van der Waals surface area contributed by atoms with Crippen molar-refractivity contribution in [3.63, 3.8) is 0 Å². The second-order valence-corrected chi connectivity index (χ2v) is 5.62.